The van der Waals surface area contributed by atoms with Gasteiger partial charge in [-0.25, -0.2) is 0 Å². The Morgan fingerprint density at radius 2 is 2.00 bits per heavy atom. The van der Waals surface area contributed by atoms with E-state index in [0.29, 0.717) is 19.4 Å². The zero-order valence-corrected chi connectivity index (χ0v) is 14.1. The summed E-state index contributed by atoms with van der Waals surface area (Å²) in [6, 6.07) is 8.31. The standard InChI is InChI=1S/C19H26N2O2/c1-14-6-8-15(9-7-14)13-20-18(23)19-11-4-3-5-16(19)21(2)17(22)10-12-19/h6-9,16H,3-5,10-13H2,1-2H3,(H,20,23)/t16-,19-/m1/s1. The largest absolute Gasteiger partial charge is 0.351 e. The normalized spacial score (nSPS) is 27.5. The number of hydrogen-bond acceptors (Lipinski definition) is 2. The first-order valence-electron chi connectivity index (χ1n) is 8.62. The Hall–Kier alpha value is -1.84. The van der Waals surface area contributed by atoms with Crippen molar-refractivity contribution in [2.75, 3.05) is 7.05 Å². The SMILES string of the molecule is Cc1ccc(CNC(=O)[C@@]23CCCC[C@H]2N(C)C(=O)CC3)cc1. The van der Waals surface area contributed by atoms with Crippen LogP contribution >= 0.6 is 0 Å². The van der Waals surface area contributed by atoms with Gasteiger partial charge in [0, 0.05) is 26.1 Å². The molecule has 2 aliphatic rings. The van der Waals surface area contributed by atoms with Crippen molar-refractivity contribution in [3.8, 4) is 0 Å². The highest BCUT2D eigenvalue weighted by Crippen LogP contribution is 2.46. The fraction of sp³-hybridized carbons (Fsp3) is 0.579. The molecule has 0 spiro atoms. The van der Waals surface area contributed by atoms with Crippen LogP contribution in [0.1, 0.15) is 49.7 Å². The molecule has 0 radical (unpaired) electrons. The molecule has 1 aromatic rings. The highest BCUT2D eigenvalue weighted by atomic mass is 16.2. The summed E-state index contributed by atoms with van der Waals surface area (Å²) in [5.41, 5.74) is 1.96. The quantitative estimate of drug-likeness (QED) is 0.932. The van der Waals surface area contributed by atoms with E-state index in [-0.39, 0.29) is 23.3 Å². The van der Waals surface area contributed by atoms with Gasteiger partial charge >= 0.3 is 0 Å². The molecular weight excluding hydrogens is 288 g/mol. The second-order valence-corrected chi connectivity index (χ2v) is 7.09. The fourth-order valence-corrected chi connectivity index (χ4v) is 4.20. The smallest absolute Gasteiger partial charge is 0.228 e. The maximum atomic E-state index is 13.0. The van der Waals surface area contributed by atoms with Crippen molar-refractivity contribution in [3.63, 3.8) is 0 Å². The molecule has 1 aromatic carbocycles. The predicted octanol–water partition coefficient (Wildman–Crippen LogP) is 2.79. The van der Waals surface area contributed by atoms with E-state index < -0.39 is 0 Å². The average molecular weight is 314 g/mol. The minimum absolute atomic E-state index is 0.0653. The van der Waals surface area contributed by atoms with Gasteiger partial charge in [-0.2, -0.15) is 0 Å². The van der Waals surface area contributed by atoms with E-state index in [1.54, 1.807) is 0 Å². The molecule has 4 heteroatoms. The summed E-state index contributed by atoms with van der Waals surface area (Å²) in [6.07, 6.45) is 5.21. The van der Waals surface area contributed by atoms with Crippen molar-refractivity contribution in [3.05, 3.63) is 35.4 Å². The summed E-state index contributed by atoms with van der Waals surface area (Å²) in [4.78, 5) is 26.8. The van der Waals surface area contributed by atoms with Gasteiger partial charge < -0.3 is 10.2 Å². The van der Waals surface area contributed by atoms with Crippen LogP contribution in [0.3, 0.4) is 0 Å². The Kier molecular flexibility index (Phi) is 4.42. The van der Waals surface area contributed by atoms with Gasteiger partial charge in [0.2, 0.25) is 11.8 Å². The van der Waals surface area contributed by atoms with Gasteiger partial charge in [-0.05, 0) is 31.7 Å². The molecule has 23 heavy (non-hydrogen) atoms. The van der Waals surface area contributed by atoms with Crippen LogP contribution in [-0.2, 0) is 16.1 Å². The van der Waals surface area contributed by atoms with Crippen LogP contribution in [0.2, 0.25) is 0 Å². The summed E-state index contributed by atoms with van der Waals surface area (Å²) in [5, 5.41) is 3.14. The molecular formula is C19H26N2O2. The van der Waals surface area contributed by atoms with Gasteiger partial charge in [0.1, 0.15) is 0 Å². The Labute approximate surface area is 138 Å². The number of fused-ring (bicyclic) bond motifs is 1. The van der Waals surface area contributed by atoms with Gasteiger partial charge in [0.15, 0.2) is 0 Å². The average Bonchev–Trinajstić information content (AvgIpc) is 2.57. The van der Waals surface area contributed by atoms with Gasteiger partial charge in [-0.3, -0.25) is 9.59 Å². The first-order chi connectivity index (χ1) is 11.0. The predicted molar refractivity (Wildman–Crippen MR) is 89.7 cm³/mol. The molecule has 124 valence electrons. The summed E-state index contributed by atoms with van der Waals surface area (Å²) in [6.45, 7) is 2.62. The monoisotopic (exact) mass is 314 g/mol. The van der Waals surface area contributed by atoms with Crippen molar-refractivity contribution in [2.45, 2.75) is 58.0 Å². The molecule has 3 rings (SSSR count). The van der Waals surface area contributed by atoms with Crippen molar-refractivity contribution < 1.29 is 9.59 Å². The molecule has 4 nitrogen and oxygen atoms in total. The molecule has 0 unspecified atom stereocenters. The van der Waals surface area contributed by atoms with Crippen molar-refractivity contribution in [1.29, 1.82) is 0 Å². The van der Waals surface area contributed by atoms with Gasteiger partial charge in [0.25, 0.3) is 0 Å². The highest BCUT2D eigenvalue weighted by Gasteiger charge is 2.52. The molecule has 1 saturated carbocycles. The molecule has 2 fully saturated rings. The topological polar surface area (TPSA) is 49.4 Å². The van der Waals surface area contributed by atoms with Gasteiger partial charge in [-0.15, -0.1) is 0 Å². The third-order valence-electron chi connectivity index (χ3n) is 5.66. The van der Waals surface area contributed by atoms with Crippen molar-refractivity contribution in [2.24, 2.45) is 5.41 Å². The van der Waals surface area contributed by atoms with Gasteiger partial charge in [0.05, 0.1) is 5.41 Å². The zero-order chi connectivity index (χ0) is 16.4. The van der Waals surface area contributed by atoms with Crippen LogP contribution in [0.5, 0.6) is 0 Å². The number of rotatable bonds is 3. The molecule has 1 saturated heterocycles. The third kappa shape index (κ3) is 2.99. The number of nitrogens with one attached hydrogen (secondary N) is 1. The number of aryl methyl sites for hydroxylation is 1. The second kappa shape index (κ2) is 6.34. The van der Waals surface area contributed by atoms with E-state index >= 15 is 0 Å². The van der Waals surface area contributed by atoms with Crippen LogP contribution in [0, 0.1) is 12.3 Å². The first-order valence-corrected chi connectivity index (χ1v) is 8.62. The lowest BCUT2D eigenvalue weighted by molar-refractivity contribution is -0.153. The third-order valence-corrected chi connectivity index (χ3v) is 5.66. The van der Waals surface area contributed by atoms with Crippen molar-refractivity contribution >= 4 is 11.8 Å². The van der Waals surface area contributed by atoms with Crippen molar-refractivity contribution in [1.82, 2.24) is 10.2 Å². The van der Waals surface area contributed by atoms with Crippen LogP contribution in [0.25, 0.3) is 0 Å². The van der Waals surface area contributed by atoms with E-state index in [1.165, 1.54) is 5.56 Å². The maximum absolute atomic E-state index is 13.0. The van der Waals surface area contributed by atoms with Crippen LogP contribution in [0.15, 0.2) is 24.3 Å². The number of hydrogen-bond donors (Lipinski definition) is 1. The maximum Gasteiger partial charge on any atom is 0.228 e. The van der Waals surface area contributed by atoms with Gasteiger partial charge in [-0.1, -0.05) is 42.7 Å². The van der Waals surface area contributed by atoms with Crippen LogP contribution in [0.4, 0.5) is 0 Å². The Bertz CT molecular complexity index is 596. The number of likely N-dealkylation sites (tertiary alicyclic amines) is 1. The van der Waals surface area contributed by atoms with E-state index in [2.05, 4.69) is 36.5 Å². The number of benzene rings is 1. The van der Waals surface area contributed by atoms with E-state index in [4.69, 9.17) is 0 Å². The summed E-state index contributed by atoms with van der Waals surface area (Å²) >= 11 is 0. The number of carbonyl (C=O) groups is 2. The zero-order valence-electron chi connectivity index (χ0n) is 14.1. The number of carbonyl (C=O) groups excluding carboxylic acids is 2. The fourth-order valence-electron chi connectivity index (χ4n) is 4.20. The minimum atomic E-state index is -0.383. The highest BCUT2D eigenvalue weighted by molar-refractivity contribution is 5.87. The molecule has 1 heterocycles. The lowest BCUT2D eigenvalue weighted by atomic mass is 9.64. The molecule has 2 atom stereocenters. The van der Waals surface area contributed by atoms with Crippen LogP contribution < -0.4 is 5.32 Å². The molecule has 1 aliphatic heterocycles. The van der Waals surface area contributed by atoms with E-state index in [0.717, 1.165) is 31.2 Å². The van der Waals surface area contributed by atoms with E-state index in [9.17, 15) is 9.59 Å². The molecule has 1 aliphatic carbocycles. The molecule has 1 N–H and O–H groups in total. The Morgan fingerprint density at radius 3 is 2.74 bits per heavy atom. The summed E-state index contributed by atoms with van der Waals surface area (Å²) < 4.78 is 0. The molecule has 0 bridgehead atoms. The number of nitrogens with zero attached hydrogens (tertiary/aromatic N) is 1. The molecule has 2 amide bonds. The van der Waals surface area contributed by atoms with E-state index in [1.807, 2.05) is 11.9 Å². The van der Waals surface area contributed by atoms with Crippen LogP contribution in [-0.4, -0.2) is 29.8 Å². The lowest BCUT2D eigenvalue weighted by Crippen LogP contribution is -2.60. The second-order valence-electron chi connectivity index (χ2n) is 7.09. The first kappa shape index (κ1) is 16.0. The lowest BCUT2D eigenvalue weighted by Gasteiger charge is -2.50. The summed E-state index contributed by atoms with van der Waals surface area (Å²) in [7, 11) is 1.86. The Morgan fingerprint density at radius 1 is 1.26 bits per heavy atom. The molecule has 0 aromatic heterocycles. The minimum Gasteiger partial charge on any atom is -0.351 e. The number of piperidine rings is 1. The Balaban J connectivity index is 1.73. The number of amides is 2. The summed E-state index contributed by atoms with van der Waals surface area (Å²) in [5.74, 6) is 0.306.